The number of hydrogen-bond acceptors (Lipinski definition) is 5. The fourth-order valence-electron chi connectivity index (χ4n) is 5.16. The van der Waals surface area contributed by atoms with E-state index < -0.39 is 17.8 Å². The Morgan fingerprint density at radius 2 is 1.38 bits per heavy atom. The summed E-state index contributed by atoms with van der Waals surface area (Å²) in [5.74, 6) is -0.643. The zero-order valence-corrected chi connectivity index (χ0v) is 22.3. The van der Waals surface area contributed by atoms with Gasteiger partial charge in [-0.3, -0.25) is 14.6 Å². The molecular weight excluding hydrogens is 505 g/mol. The van der Waals surface area contributed by atoms with Crippen molar-refractivity contribution in [3.8, 4) is 5.75 Å². The molecule has 4 aromatic carbocycles. The molecule has 1 aliphatic heterocycles. The number of carbonyl (C=O) groups excluding carboxylic acids is 1. The van der Waals surface area contributed by atoms with Crippen LogP contribution in [-0.4, -0.2) is 66.2 Å². The van der Waals surface area contributed by atoms with Crippen LogP contribution in [-0.2, 0) is 0 Å². The van der Waals surface area contributed by atoms with Gasteiger partial charge in [-0.2, -0.15) is 0 Å². The van der Waals surface area contributed by atoms with Gasteiger partial charge in [0.05, 0.1) is 17.3 Å². The van der Waals surface area contributed by atoms with Crippen molar-refractivity contribution in [1.82, 2.24) is 9.80 Å². The smallest absolute Gasteiger partial charge is 0.259 e. The van der Waals surface area contributed by atoms with Crippen LogP contribution >= 0.6 is 0 Å². The molecule has 1 fully saturated rings. The SMILES string of the molecule is O=C(Nc1ccccc1F)c1ccccc1OCC(O)CN1CCN(C(c2ccccc2)c2ccccc2)CC1. The predicted molar refractivity (Wildman–Crippen MR) is 155 cm³/mol. The summed E-state index contributed by atoms with van der Waals surface area (Å²) in [5, 5.41) is 13.4. The summed E-state index contributed by atoms with van der Waals surface area (Å²) in [4.78, 5) is 17.5. The average molecular weight is 540 g/mol. The number of halogens is 1. The topological polar surface area (TPSA) is 65.0 Å². The Labute approximate surface area is 234 Å². The molecule has 0 aromatic heterocycles. The van der Waals surface area contributed by atoms with E-state index in [9.17, 15) is 14.3 Å². The van der Waals surface area contributed by atoms with Gasteiger partial charge in [0.25, 0.3) is 5.91 Å². The van der Waals surface area contributed by atoms with Gasteiger partial charge in [-0.25, -0.2) is 4.39 Å². The van der Waals surface area contributed by atoms with E-state index in [0.717, 1.165) is 26.2 Å². The average Bonchev–Trinajstić information content (AvgIpc) is 2.99. The third kappa shape index (κ3) is 6.93. The number of β-amino-alcohol motifs (C(OH)–C–C–N with tert-alkyl or cyclic N) is 1. The highest BCUT2D eigenvalue weighted by molar-refractivity contribution is 6.06. The molecular formula is C33H34FN3O3. The summed E-state index contributed by atoms with van der Waals surface area (Å²) in [6, 6.07) is 34.1. The van der Waals surface area contributed by atoms with Crippen LogP contribution in [0, 0.1) is 5.82 Å². The van der Waals surface area contributed by atoms with Crippen molar-refractivity contribution < 1.29 is 19.0 Å². The Balaban J connectivity index is 1.15. The lowest BCUT2D eigenvalue weighted by Gasteiger charge is -2.40. The van der Waals surface area contributed by atoms with Gasteiger partial charge in [0.15, 0.2) is 0 Å². The molecule has 206 valence electrons. The van der Waals surface area contributed by atoms with E-state index >= 15 is 0 Å². The second-order valence-corrected chi connectivity index (χ2v) is 9.96. The van der Waals surface area contributed by atoms with E-state index in [-0.39, 0.29) is 23.9 Å². The molecule has 1 aliphatic rings. The molecule has 0 saturated carbocycles. The highest BCUT2D eigenvalue weighted by Gasteiger charge is 2.27. The minimum absolute atomic E-state index is 0.0425. The fourth-order valence-corrected chi connectivity index (χ4v) is 5.16. The lowest BCUT2D eigenvalue weighted by molar-refractivity contribution is 0.0398. The zero-order chi connectivity index (χ0) is 27.7. The van der Waals surface area contributed by atoms with Crippen LogP contribution in [0.3, 0.4) is 0 Å². The highest BCUT2D eigenvalue weighted by Crippen LogP contribution is 2.29. The second kappa shape index (κ2) is 13.3. The Morgan fingerprint density at radius 3 is 2.02 bits per heavy atom. The maximum Gasteiger partial charge on any atom is 0.259 e. The fraction of sp³-hybridized carbons (Fsp3) is 0.242. The maximum atomic E-state index is 14.0. The molecule has 0 spiro atoms. The molecule has 40 heavy (non-hydrogen) atoms. The summed E-state index contributed by atoms with van der Waals surface area (Å²) in [5.41, 5.74) is 2.92. The predicted octanol–water partition coefficient (Wildman–Crippen LogP) is 5.22. The summed E-state index contributed by atoms with van der Waals surface area (Å²) in [6.45, 7) is 3.92. The van der Waals surface area contributed by atoms with E-state index in [0.29, 0.717) is 12.3 Å². The van der Waals surface area contributed by atoms with Crippen molar-refractivity contribution in [2.24, 2.45) is 0 Å². The molecule has 1 saturated heterocycles. The van der Waals surface area contributed by atoms with Crippen LogP contribution in [0.1, 0.15) is 27.5 Å². The Morgan fingerprint density at radius 1 is 0.800 bits per heavy atom. The quantitative estimate of drug-likeness (QED) is 0.289. The molecule has 0 bridgehead atoms. The van der Waals surface area contributed by atoms with Gasteiger partial charge < -0.3 is 15.2 Å². The molecule has 2 N–H and O–H groups in total. The molecule has 6 nitrogen and oxygen atoms in total. The number of amides is 1. The zero-order valence-electron chi connectivity index (χ0n) is 22.3. The standard InChI is InChI=1S/C33H34FN3O3/c34-29-16-8-9-17-30(29)35-33(39)28-15-7-10-18-31(28)40-24-27(38)23-36-19-21-37(22-20-36)32(25-11-3-1-4-12-25)26-13-5-2-6-14-26/h1-18,27,32,38H,19-24H2,(H,35,39). The number of carbonyl (C=O) groups is 1. The lowest BCUT2D eigenvalue weighted by atomic mass is 9.96. The maximum absolute atomic E-state index is 14.0. The number of benzene rings is 4. The van der Waals surface area contributed by atoms with Crippen LogP contribution in [0.25, 0.3) is 0 Å². The normalized spacial score (nSPS) is 15.1. The number of para-hydroxylation sites is 2. The monoisotopic (exact) mass is 539 g/mol. The summed E-state index contributed by atoms with van der Waals surface area (Å²) >= 11 is 0. The van der Waals surface area contributed by atoms with Gasteiger partial charge in [0, 0.05) is 32.7 Å². The van der Waals surface area contributed by atoms with Gasteiger partial charge in [-0.05, 0) is 35.4 Å². The minimum Gasteiger partial charge on any atom is -0.490 e. The molecule has 4 aromatic rings. The molecule has 1 unspecified atom stereocenters. The van der Waals surface area contributed by atoms with Crippen molar-refractivity contribution in [3.63, 3.8) is 0 Å². The largest absolute Gasteiger partial charge is 0.490 e. The van der Waals surface area contributed by atoms with Crippen molar-refractivity contribution in [2.45, 2.75) is 12.1 Å². The number of ether oxygens (including phenoxy) is 1. The molecule has 1 atom stereocenters. The van der Waals surface area contributed by atoms with Gasteiger partial charge in [-0.1, -0.05) is 84.9 Å². The lowest BCUT2D eigenvalue weighted by Crippen LogP contribution is -2.50. The van der Waals surface area contributed by atoms with E-state index in [1.54, 1.807) is 36.4 Å². The second-order valence-electron chi connectivity index (χ2n) is 9.96. The van der Waals surface area contributed by atoms with E-state index in [2.05, 4.69) is 63.6 Å². The Hall–Kier alpha value is -4.04. The number of aliphatic hydroxyl groups is 1. The number of anilines is 1. The van der Waals surface area contributed by atoms with Gasteiger partial charge in [-0.15, -0.1) is 0 Å². The van der Waals surface area contributed by atoms with Crippen molar-refractivity contribution in [1.29, 1.82) is 0 Å². The van der Waals surface area contributed by atoms with Crippen LogP contribution in [0.2, 0.25) is 0 Å². The number of nitrogens with zero attached hydrogens (tertiary/aromatic N) is 2. The van der Waals surface area contributed by atoms with Crippen molar-refractivity contribution >= 4 is 11.6 Å². The number of aliphatic hydroxyl groups excluding tert-OH is 1. The number of rotatable bonds is 10. The van der Waals surface area contributed by atoms with Crippen LogP contribution in [0.4, 0.5) is 10.1 Å². The van der Waals surface area contributed by atoms with Gasteiger partial charge >= 0.3 is 0 Å². The van der Waals surface area contributed by atoms with Gasteiger partial charge in [0.2, 0.25) is 0 Å². The molecule has 1 amide bonds. The molecule has 7 heteroatoms. The number of nitrogens with one attached hydrogen (secondary N) is 1. The highest BCUT2D eigenvalue weighted by atomic mass is 19.1. The molecule has 0 radical (unpaired) electrons. The van der Waals surface area contributed by atoms with Crippen molar-refractivity contribution in [3.05, 3.63) is 132 Å². The van der Waals surface area contributed by atoms with E-state index in [1.807, 2.05) is 12.1 Å². The molecule has 0 aliphatic carbocycles. The van der Waals surface area contributed by atoms with Crippen LogP contribution in [0.15, 0.2) is 109 Å². The minimum atomic E-state index is -0.728. The van der Waals surface area contributed by atoms with Crippen LogP contribution in [0.5, 0.6) is 5.75 Å². The van der Waals surface area contributed by atoms with Crippen LogP contribution < -0.4 is 10.1 Å². The summed E-state index contributed by atoms with van der Waals surface area (Å²) in [7, 11) is 0. The summed E-state index contributed by atoms with van der Waals surface area (Å²) in [6.07, 6.45) is -0.728. The Kier molecular flexibility index (Phi) is 9.18. The Bertz CT molecular complexity index is 1340. The first-order valence-electron chi connectivity index (χ1n) is 13.6. The number of hydrogen-bond donors (Lipinski definition) is 2. The molecule has 1 heterocycles. The van der Waals surface area contributed by atoms with Gasteiger partial charge in [0.1, 0.15) is 24.3 Å². The van der Waals surface area contributed by atoms with Crippen molar-refractivity contribution in [2.75, 3.05) is 44.6 Å². The first-order valence-corrected chi connectivity index (χ1v) is 13.6. The first kappa shape index (κ1) is 27.5. The molecule has 5 rings (SSSR count). The third-order valence-corrected chi connectivity index (χ3v) is 7.16. The van der Waals surface area contributed by atoms with E-state index in [4.69, 9.17) is 4.74 Å². The number of piperazine rings is 1. The summed E-state index contributed by atoms with van der Waals surface area (Å²) < 4.78 is 19.9. The third-order valence-electron chi connectivity index (χ3n) is 7.16. The van der Waals surface area contributed by atoms with E-state index in [1.165, 1.54) is 23.3 Å². The first-order chi connectivity index (χ1) is 19.6.